The summed E-state index contributed by atoms with van der Waals surface area (Å²) in [5.41, 5.74) is 5.49. The molecular formula is C20H24N2OS. The van der Waals surface area contributed by atoms with E-state index in [1.54, 1.807) is 11.3 Å². The maximum absolute atomic E-state index is 12.6. The molecule has 0 unspecified atom stereocenters. The first-order valence-corrected chi connectivity index (χ1v) is 9.81. The Morgan fingerprint density at radius 2 is 1.96 bits per heavy atom. The van der Waals surface area contributed by atoms with E-state index in [2.05, 4.69) is 41.9 Å². The molecule has 2 heterocycles. The van der Waals surface area contributed by atoms with Crippen LogP contribution in [-0.4, -0.2) is 17.5 Å². The van der Waals surface area contributed by atoms with Crippen LogP contribution >= 0.6 is 11.3 Å². The summed E-state index contributed by atoms with van der Waals surface area (Å²) in [6.45, 7) is 3.64. The number of aryl methyl sites for hydroxylation is 2. The minimum atomic E-state index is 0.0496. The van der Waals surface area contributed by atoms with E-state index in [-0.39, 0.29) is 12.1 Å². The van der Waals surface area contributed by atoms with Crippen LogP contribution in [0.3, 0.4) is 0 Å². The van der Waals surface area contributed by atoms with Crippen LogP contribution in [0.1, 0.15) is 52.9 Å². The Balaban J connectivity index is 1.42. The van der Waals surface area contributed by atoms with Crippen molar-refractivity contribution in [1.82, 2.24) is 10.2 Å². The fourth-order valence-electron chi connectivity index (χ4n) is 3.80. The van der Waals surface area contributed by atoms with Gasteiger partial charge in [0.05, 0.1) is 6.04 Å². The zero-order valence-electron chi connectivity index (χ0n) is 14.2. The van der Waals surface area contributed by atoms with E-state index in [4.69, 9.17) is 0 Å². The number of benzene rings is 1. The van der Waals surface area contributed by atoms with E-state index in [1.807, 2.05) is 4.90 Å². The molecule has 4 rings (SSSR count). The number of nitrogens with zero attached hydrogens (tertiary/aromatic N) is 1. The van der Waals surface area contributed by atoms with Crippen LogP contribution < -0.4 is 5.32 Å². The summed E-state index contributed by atoms with van der Waals surface area (Å²) in [5, 5.41) is 5.31. The highest BCUT2D eigenvalue weighted by Gasteiger charge is 2.23. The summed E-state index contributed by atoms with van der Waals surface area (Å²) in [6, 6.07) is 8.98. The standard InChI is InChI=1S/C20H24N2OS/c1-14(16-7-6-15-4-2-3-5-17(15)12-16)21-20(23)22-10-8-19-18(13-22)9-11-24-19/h6-7,9,11-12,14H,2-5,8,10,13H2,1H3,(H,21,23)/t14-/m1/s1. The number of amides is 2. The summed E-state index contributed by atoms with van der Waals surface area (Å²) < 4.78 is 0. The lowest BCUT2D eigenvalue weighted by Crippen LogP contribution is -2.43. The molecule has 1 aromatic carbocycles. The van der Waals surface area contributed by atoms with Crippen LogP contribution in [-0.2, 0) is 25.8 Å². The molecule has 24 heavy (non-hydrogen) atoms. The fraction of sp³-hybridized carbons (Fsp3) is 0.450. The number of carbonyl (C=O) groups excluding carboxylic acids is 1. The highest BCUT2D eigenvalue weighted by atomic mass is 32.1. The van der Waals surface area contributed by atoms with Crippen molar-refractivity contribution in [2.24, 2.45) is 0 Å². The second kappa shape index (κ2) is 6.60. The largest absolute Gasteiger partial charge is 0.331 e. The summed E-state index contributed by atoms with van der Waals surface area (Å²) in [5.74, 6) is 0. The third-order valence-corrected chi connectivity index (χ3v) is 6.33. The van der Waals surface area contributed by atoms with E-state index < -0.39 is 0 Å². The highest BCUT2D eigenvalue weighted by Crippen LogP contribution is 2.26. The lowest BCUT2D eigenvalue weighted by Gasteiger charge is -2.29. The van der Waals surface area contributed by atoms with Gasteiger partial charge in [0.25, 0.3) is 0 Å². The third kappa shape index (κ3) is 3.07. The number of fused-ring (bicyclic) bond motifs is 2. The normalized spacial score (nSPS) is 17.8. The Morgan fingerprint density at radius 1 is 1.12 bits per heavy atom. The molecule has 1 aliphatic carbocycles. The maximum Gasteiger partial charge on any atom is 0.318 e. The summed E-state index contributed by atoms with van der Waals surface area (Å²) in [7, 11) is 0. The van der Waals surface area contributed by atoms with Crippen molar-refractivity contribution in [2.75, 3.05) is 6.54 Å². The number of nitrogens with one attached hydrogen (secondary N) is 1. The number of carbonyl (C=O) groups is 1. The minimum absolute atomic E-state index is 0.0496. The predicted molar refractivity (Wildman–Crippen MR) is 98.5 cm³/mol. The molecule has 0 fully saturated rings. The van der Waals surface area contributed by atoms with Crippen LogP contribution in [0.2, 0.25) is 0 Å². The summed E-state index contributed by atoms with van der Waals surface area (Å²) in [6.07, 6.45) is 5.95. The van der Waals surface area contributed by atoms with Crippen molar-refractivity contribution in [1.29, 1.82) is 0 Å². The van der Waals surface area contributed by atoms with Gasteiger partial charge in [0.15, 0.2) is 0 Å². The Bertz CT molecular complexity index is 752. The van der Waals surface area contributed by atoms with Crippen molar-refractivity contribution < 1.29 is 4.79 Å². The van der Waals surface area contributed by atoms with Gasteiger partial charge >= 0.3 is 6.03 Å². The molecule has 126 valence electrons. The van der Waals surface area contributed by atoms with Gasteiger partial charge in [0.1, 0.15) is 0 Å². The van der Waals surface area contributed by atoms with Gasteiger partial charge in [-0.05, 0) is 72.7 Å². The van der Waals surface area contributed by atoms with E-state index in [0.29, 0.717) is 0 Å². The lowest BCUT2D eigenvalue weighted by atomic mass is 9.89. The van der Waals surface area contributed by atoms with Crippen molar-refractivity contribution >= 4 is 17.4 Å². The Labute approximate surface area is 147 Å². The molecule has 0 saturated carbocycles. The van der Waals surface area contributed by atoms with Gasteiger partial charge in [0.2, 0.25) is 0 Å². The highest BCUT2D eigenvalue weighted by molar-refractivity contribution is 7.10. The zero-order valence-corrected chi connectivity index (χ0v) is 15.0. The molecule has 0 spiro atoms. The molecule has 1 atom stereocenters. The number of thiophene rings is 1. The summed E-state index contributed by atoms with van der Waals surface area (Å²) >= 11 is 1.80. The molecule has 1 N–H and O–H groups in total. The Hall–Kier alpha value is -1.81. The molecular weight excluding hydrogens is 316 g/mol. The van der Waals surface area contributed by atoms with Crippen molar-refractivity contribution in [2.45, 2.75) is 51.6 Å². The smallest absolute Gasteiger partial charge is 0.318 e. The SMILES string of the molecule is C[C@@H](NC(=O)N1CCc2sccc2C1)c1ccc2c(c1)CCCC2. The number of rotatable bonds is 2. The Kier molecular flexibility index (Phi) is 4.31. The molecule has 0 bridgehead atoms. The van der Waals surface area contributed by atoms with Gasteiger partial charge in [-0.3, -0.25) is 0 Å². The fourth-order valence-corrected chi connectivity index (χ4v) is 4.69. The van der Waals surface area contributed by atoms with E-state index in [9.17, 15) is 4.79 Å². The maximum atomic E-state index is 12.6. The first-order valence-electron chi connectivity index (χ1n) is 8.93. The van der Waals surface area contributed by atoms with Crippen LogP contribution in [0.15, 0.2) is 29.6 Å². The van der Waals surface area contributed by atoms with Gasteiger partial charge in [0, 0.05) is 18.0 Å². The van der Waals surface area contributed by atoms with E-state index in [1.165, 1.54) is 52.8 Å². The third-order valence-electron chi connectivity index (χ3n) is 5.31. The molecule has 0 saturated heterocycles. The van der Waals surface area contributed by atoms with Gasteiger partial charge in [-0.15, -0.1) is 11.3 Å². The summed E-state index contributed by atoms with van der Waals surface area (Å²) in [4.78, 5) is 16.0. The average Bonchev–Trinajstić information content (AvgIpc) is 3.08. The quantitative estimate of drug-likeness (QED) is 0.860. The van der Waals surface area contributed by atoms with Crippen LogP contribution in [0, 0.1) is 0 Å². The predicted octanol–water partition coefficient (Wildman–Crippen LogP) is 4.46. The topological polar surface area (TPSA) is 32.3 Å². The molecule has 2 aromatic rings. The van der Waals surface area contributed by atoms with E-state index >= 15 is 0 Å². The van der Waals surface area contributed by atoms with Crippen molar-refractivity contribution in [3.05, 3.63) is 56.8 Å². The number of hydrogen-bond donors (Lipinski definition) is 1. The Morgan fingerprint density at radius 3 is 2.83 bits per heavy atom. The molecule has 4 heteroatoms. The van der Waals surface area contributed by atoms with Crippen LogP contribution in [0.4, 0.5) is 4.79 Å². The molecule has 3 nitrogen and oxygen atoms in total. The van der Waals surface area contributed by atoms with Crippen molar-refractivity contribution in [3.63, 3.8) is 0 Å². The molecule has 1 aliphatic heterocycles. The number of hydrogen-bond acceptors (Lipinski definition) is 2. The monoisotopic (exact) mass is 340 g/mol. The van der Waals surface area contributed by atoms with Gasteiger partial charge in [-0.1, -0.05) is 18.2 Å². The molecule has 2 aliphatic rings. The average molecular weight is 340 g/mol. The first kappa shape index (κ1) is 15.7. The molecule has 2 amide bonds. The molecule has 0 radical (unpaired) electrons. The molecule has 1 aromatic heterocycles. The van der Waals surface area contributed by atoms with Crippen LogP contribution in [0.25, 0.3) is 0 Å². The lowest BCUT2D eigenvalue weighted by molar-refractivity contribution is 0.189. The second-order valence-corrected chi connectivity index (χ2v) is 7.95. The number of urea groups is 1. The first-order chi connectivity index (χ1) is 11.7. The van der Waals surface area contributed by atoms with E-state index in [0.717, 1.165) is 19.5 Å². The van der Waals surface area contributed by atoms with Crippen molar-refractivity contribution in [3.8, 4) is 0 Å². The second-order valence-electron chi connectivity index (χ2n) is 6.95. The van der Waals surface area contributed by atoms with Gasteiger partial charge < -0.3 is 10.2 Å². The van der Waals surface area contributed by atoms with Crippen LogP contribution in [0.5, 0.6) is 0 Å². The van der Waals surface area contributed by atoms with Gasteiger partial charge in [-0.25, -0.2) is 4.79 Å². The zero-order chi connectivity index (χ0) is 16.5. The van der Waals surface area contributed by atoms with Gasteiger partial charge in [-0.2, -0.15) is 0 Å². The minimum Gasteiger partial charge on any atom is -0.331 e.